The zero-order valence-corrected chi connectivity index (χ0v) is 17.8. The first-order valence-corrected chi connectivity index (χ1v) is 10.9. The molecule has 8 heteroatoms. The number of anilines is 2. The van der Waals surface area contributed by atoms with Crippen LogP contribution in [0, 0.1) is 6.92 Å². The molecule has 0 spiro atoms. The van der Waals surface area contributed by atoms with Gasteiger partial charge in [0, 0.05) is 11.4 Å². The monoisotopic (exact) mass is 448 g/mol. The number of benzene rings is 3. The van der Waals surface area contributed by atoms with Crippen LogP contribution in [0.15, 0.2) is 71.6 Å². The number of halogens is 2. The molecule has 0 aliphatic heterocycles. The lowest BCUT2D eigenvalue weighted by Crippen LogP contribution is -2.15. The van der Waals surface area contributed by atoms with Crippen molar-refractivity contribution in [2.75, 3.05) is 10.0 Å². The van der Waals surface area contributed by atoms with Crippen LogP contribution >= 0.6 is 23.2 Å². The first-order chi connectivity index (χ1) is 13.7. The molecule has 0 saturated carbocycles. The third-order valence-corrected chi connectivity index (χ3v) is 6.24. The van der Waals surface area contributed by atoms with Crippen molar-refractivity contribution < 1.29 is 13.2 Å². The van der Waals surface area contributed by atoms with Crippen molar-refractivity contribution in [2.45, 2.75) is 18.2 Å². The molecule has 3 aromatic rings. The second-order valence-corrected chi connectivity index (χ2v) is 8.97. The Morgan fingerprint density at radius 2 is 1.48 bits per heavy atom. The van der Waals surface area contributed by atoms with Gasteiger partial charge in [-0.3, -0.25) is 9.52 Å². The van der Waals surface area contributed by atoms with Gasteiger partial charge in [-0.2, -0.15) is 0 Å². The average molecular weight is 449 g/mol. The summed E-state index contributed by atoms with van der Waals surface area (Å²) >= 11 is 11.8. The fourth-order valence-electron chi connectivity index (χ4n) is 2.59. The lowest BCUT2D eigenvalue weighted by Gasteiger charge is -2.10. The molecule has 0 bridgehead atoms. The summed E-state index contributed by atoms with van der Waals surface area (Å²) < 4.78 is 27.4. The third-order valence-electron chi connectivity index (χ3n) is 4.10. The minimum absolute atomic E-state index is 0.138. The van der Waals surface area contributed by atoms with Crippen LogP contribution in [0.4, 0.5) is 11.4 Å². The summed E-state index contributed by atoms with van der Waals surface area (Å²) in [6.45, 7) is 1.89. The molecule has 3 rings (SSSR count). The Labute approximate surface area is 179 Å². The number of hydrogen-bond acceptors (Lipinski definition) is 3. The molecule has 0 heterocycles. The third kappa shape index (κ3) is 5.73. The number of carbonyl (C=O) groups excluding carboxylic acids is 1. The number of aryl methyl sites for hydroxylation is 1. The molecule has 0 atom stereocenters. The molecule has 5 nitrogen and oxygen atoms in total. The number of carbonyl (C=O) groups is 1. The Hall–Kier alpha value is -2.54. The summed E-state index contributed by atoms with van der Waals surface area (Å²) in [4.78, 5) is 12.4. The average Bonchev–Trinajstić information content (AvgIpc) is 2.66. The molecule has 0 aliphatic carbocycles. The number of sulfonamides is 1. The van der Waals surface area contributed by atoms with Gasteiger partial charge in [0.1, 0.15) is 0 Å². The molecule has 3 aromatic carbocycles. The van der Waals surface area contributed by atoms with Crippen molar-refractivity contribution in [3.63, 3.8) is 0 Å². The molecule has 1 amide bonds. The molecular weight excluding hydrogens is 431 g/mol. The first kappa shape index (κ1) is 21.2. The lowest BCUT2D eigenvalue weighted by molar-refractivity contribution is -0.115. The van der Waals surface area contributed by atoms with E-state index in [9.17, 15) is 13.2 Å². The van der Waals surface area contributed by atoms with Gasteiger partial charge in [0.2, 0.25) is 5.91 Å². The van der Waals surface area contributed by atoms with Crippen molar-refractivity contribution in [1.82, 2.24) is 0 Å². The van der Waals surface area contributed by atoms with Crippen molar-refractivity contribution in [3.05, 3.63) is 87.9 Å². The van der Waals surface area contributed by atoms with E-state index in [2.05, 4.69) is 10.0 Å². The smallest absolute Gasteiger partial charge is 0.261 e. The number of nitrogens with one attached hydrogen (secondary N) is 2. The van der Waals surface area contributed by atoms with Crippen LogP contribution in [0.3, 0.4) is 0 Å². The molecule has 0 aromatic heterocycles. The van der Waals surface area contributed by atoms with E-state index >= 15 is 0 Å². The van der Waals surface area contributed by atoms with Crippen LogP contribution in [0.2, 0.25) is 10.0 Å². The van der Waals surface area contributed by atoms with Crippen molar-refractivity contribution in [3.8, 4) is 0 Å². The summed E-state index contributed by atoms with van der Waals surface area (Å²) in [5.41, 5.74) is 2.66. The first-order valence-electron chi connectivity index (χ1n) is 8.66. The molecule has 0 unspecified atom stereocenters. The van der Waals surface area contributed by atoms with E-state index in [1.54, 1.807) is 66.7 Å². The highest BCUT2D eigenvalue weighted by Gasteiger charge is 2.14. The Morgan fingerprint density at radius 3 is 2.10 bits per heavy atom. The Bertz CT molecular complexity index is 1130. The fraction of sp³-hybridized carbons (Fsp3) is 0.0952. The maximum atomic E-state index is 12.4. The largest absolute Gasteiger partial charge is 0.326 e. The van der Waals surface area contributed by atoms with Crippen LogP contribution in [-0.4, -0.2) is 14.3 Å². The van der Waals surface area contributed by atoms with Gasteiger partial charge in [-0.1, -0.05) is 47.0 Å². The van der Waals surface area contributed by atoms with Gasteiger partial charge in [-0.15, -0.1) is 0 Å². The maximum Gasteiger partial charge on any atom is 0.261 e. The minimum Gasteiger partial charge on any atom is -0.326 e. The minimum atomic E-state index is -3.67. The van der Waals surface area contributed by atoms with Crippen LogP contribution < -0.4 is 10.0 Å². The van der Waals surface area contributed by atoms with E-state index in [1.165, 1.54) is 0 Å². The molecule has 29 heavy (non-hydrogen) atoms. The highest BCUT2D eigenvalue weighted by molar-refractivity contribution is 7.92. The van der Waals surface area contributed by atoms with Crippen molar-refractivity contribution in [2.24, 2.45) is 0 Å². The summed E-state index contributed by atoms with van der Waals surface area (Å²) in [6.07, 6.45) is 0.138. The molecule has 0 radical (unpaired) electrons. The molecular formula is C21H18Cl2N2O3S. The van der Waals surface area contributed by atoms with Gasteiger partial charge in [0.25, 0.3) is 10.0 Å². The molecule has 2 N–H and O–H groups in total. The van der Waals surface area contributed by atoms with E-state index in [0.29, 0.717) is 21.4 Å². The Balaban J connectivity index is 1.63. The van der Waals surface area contributed by atoms with Crippen LogP contribution in [-0.2, 0) is 21.2 Å². The van der Waals surface area contributed by atoms with E-state index in [1.807, 2.05) is 6.92 Å². The van der Waals surface area contributed by atoms with Crippen molar-refractivity contribution in [1.29, 1.82) is 0 Å². The van der Waals surface area contributed by atoms with Gasteiger partial charge >= 0.3 is 0 Å². The second kappa shape index (κ2) is 8.86. The van der Waals surface area contributed by atoms with Gasteiger partial charge in [0.05, 0.1) is 21.4 Å². The highest BCUT2D eigenvalue weighted by atomic mass is 35.5. The van der Waals surface area contributed by atoms with E-state index in [4.69, 9.17) is 23.2 Å². The summed E-state index contributed by atoms with van der Waals surface area (Å²) in [7, 11) is -3.67. The quantitative estimate of drug-likeness (QED) is 0.538. The van der Waals surface area contributed by atoms with Gasteiger partial charge in [-0.25, -0.2) is 8.42 Å². The van der Waals surface area contributed by atoms with E-state index in [0.717, 1.165) is 11.1 Å². The summed E-state index contributed by atoms with van der Waals surface area (Å²) in [5.74, 6) is -0.226. The Morgan fingerprint density at radius 1 is 0.862 bits per heavy atom. The zero-order chi connectivity index (χ0) is 21.0. The molecule has 0 aliphatic rings. The van der Waals surface area contributed by atoms with Crippen LogP contribution in [0.25, 0.3) is 0 Å². The highest BCUT2D eigenvalue weighted by Crippen LogP contribution is 2.23. The zero-order valence-electron chi connectivity index (χ0n) is 15.4. The summed E-state index contributed by atoms with van der Waals surface area (Å²) in [6, 6.07) is 18.0. The lowest BCUT2D eigenvalue weighted by atomic mass is 10.1. The molecule has 0 fully saturated rings. The maximum absolute atomic E-state index is 12.4. The fourth-order valence-corrected chi connectivity index (χ4v) is 3.97. The van der Waals surface area contributed by atoms with Crippen molar-refractivity contribution >= 4 is 50.5 Å². The van der Waals surface area contributed by atoms with Gasteiger partial charge in [0.15, 0.2) is 0 Å². The van der Waals surface area contributed by atoms with Gasteiger partial charge in [-0.05, 0) is 61.0 Å². The number of hydrogen-bond donors (Lipinski definition) is 2. The topological polar surface area (TPSA) is 75.3 Å². The van der Waals surface area contributed by atoms with Crippen LogP contribution in [0.1, 0.15) is 11.1 Å². The number of rotatable bonds is 6. The molecule has 0 saturated heterocycles. The van der Waals surface area contributed by atoms with E-state index < -0.39 is 10.0 Å². The Kier molecular flexibility index (Phi) is 6.47. The number of amides is 1. The molecule has 150 valence electrons. The van der Waals surface area contributed by atoms with Crippen LogP contribution in [0.5, 0.6) is 0 Å². The predicted octanol–water partition coefficient (Wildman–Crippen LogP) is 5.28. The normalized spacial score (nSPS) is 11.1. The second-order valence-electron chi connectivity index (χ2n) is 6.47. The van der Waals surface area contributed by atoms with E-state index in [-0.39, 0.29) is 17.2 Å². The van der Waals surface area contributed by atoms with Gasteiger partial charge < -0.3 is 5.32 Å². The predicted molar refractivity (Wildman–Crippen MR) is 117 cm³/mol. The summed E-state index contributed by atoms with van der Waals surface area (Å²) in [5, 5.41) is 3.58. The standard InChI is InChI=1S/C21H18Cl2N2O3S/c1-14-2-9-18(10-3-14)29(27,28)25-17-7-5-16(6-8-17)24-21(26)13-15-4-11-19(22)20(23)12-15/h2-12,25H,13H2,1H3,(H,24,26). The SMILES string of the molecule is Cc1ccc(S(=O)(=O)Nc2ccc(NC(=O)Cc3ccc(Cl)c(Cl)c3)cc2)cc1.